The van der Waals surface area contributed by atoms with Crippen LogP contribution < -0.4 is 4.78 Å². The lowest BCUT2D eigenvalue weighted by Crippen LogP contribution is -2.41. The van der Waals surface area contributed by atoms with Crippen molar-refractivity contribution < 1.29 is 18.9 Å². The topological polar surface area (TPSA) is 59.1 Å². The number of hydrogen-bond donors (Lipinski definition) is 0. The molecule has 73 heavy (non-hydrogen) atoms. The fourth-order valence-corrected chi connectivity index (χ4v) is 19.3. The molecule has 0 unspecified atom stereocenters. The maximum absolute atomic E-state index is 14.9. The van der Waals surface area contributed by atoms with Crippen molar-refractivity contribution in [1.82, 2.24) is 9.80 Å². The van der Waals surface area contributed by atoms with Crippen molar-refractivity contribution in [2.75, 3.05) is 13.1 Å². The van der Waals surface area contributed by atoms with Crippen molar-refractivity contribution >= 4 is 142 Å². The highest BCUT2D eigenvalue weighted by Crippen LogP contribution is 2.51. The van der Waals surface area contributed by atoms with Crippen LogP contribution in [-0.2, 0) is 18.9 Å². The second-order valence-corrected chi connectivity index (χ2v) is 41.6. The van der Waals surface area contributed by atoms with Gasteiger partial charge in [0.05, 0.1) is 43.5 Å². The van der Waals surface area contributed by atoms with E-state index in [4.69, 9.17) is 9.31 Å². The van der Waals surface area contributed by atoms with Gasteiger partial charge in [-0.2, -0.15) is 0 Å². The van der Waals surface area contributed by atoms with Gasteiger partial charge in [-0.15, -0.1) is 90.7 Å². The van der Waals surface area contributed by atoms with E-state index in [-0.39, 0.29) is 30.1 Å². The van der Waals surface area contributed by atoms with E-state index < -0.39 is 16.1 Å². The van der Waals surface area contributed by atoms with E-state index in [9.17, 15) is 9.59 Å². The van der Waals surface area contributed by atoms with Gasteiger partial charge in [-0.3, -0.25) is 9.59 Å². The van der Waals surface area contributed by atoms with Crippen molar-refractivity contribution in [3.8, 4) is 48.8 Å². The van der Waals surface area contributed by atoms with Gasteiger partial charge in [0.1, 0.15) is 0 Å². The van der Waals surface area contributed by atoms with E-state index in [0.29, 0.717) is 24.2 Å². The zero-order chi connectivity index (χ0) is 51.5. The van der Waals surface area contributed by atoms with Crippen molar-refractivity contribution in [1.29, 1.82) is 0 Å². The van der Waals surface area contributed by atoms with E-state index in [2.05, 4.69) is 180 Å². The average Bonchev–Trinajstić information content (AvgIpc) is 4.15. The molecule has 1 fully saturated rings. The van der Waals surface area contributed by atoms with E-state index in [1.54, 1.807) is 90.7 Å². The van der Waals surface area contributed by atoms with Crippen LogP contribution in [0, 0.1) is 0 Å². The van der Waals surface area contributed by atoms with Gasteiger partial charge in [0.15, 0.2) is 0 Å². The number of carbonyl (C=O) groups excluding carboxylic acids is 2. The van der Waals surface area contributed by atoms with Crippen LogP contribution >= 0.6 is 90.7 Å². The predicted octanol–water partition coefficient (Wildman–Crippen LogP) is 17.8. The summed E-state index contributed by atoms with van der Waals surface area (Å²) in [7, 11) is -2.92. The fraction of sp³-hybridized carbons (Fsp3) is 0.321. The second-order valence-electron chi connectivity index (χ2n) is 22.1. The van der Waals surface area contributed by atoms with Gasteiger partial charge >= 0.3 is 7.12 Å². The molecular formula is C56H61BN2O4S8Si2. The third kappa shape index (κ3) is 11.3. The monoisotopic (exact) mass is 1150 g/mol. The Balaban J connectivity index is 0.000000268. The molecule has 1 saturated heterocycles. The third-order valence-electron chi connectivity index (χ3n) is 13.6. The molecule has 0 spiro atoms. The third-order valence-corrected chi connectivity index (χ3v) is 26.3. The Labute approximate surface area is 465 Å². The van der Waals surface area contributed by atoms with E-state index >= 15 is 0 Å². The number of nitrogens with zero attached hydrogens (tertiary/aromatic N) is 2. The molecule has 0 saturated carbocycles. The zero-order valence-corrected chi connectivity index (χ0v) is 51.6. The van der Waals surface area contributed by atoms with Crippen LogP contribution in [0.3, 0.4) is 0 Å². The summed E-state index contributed by atoms with van der Waals surface area (Å²) in [5.41, 5.74) is 2.27. The normalized spacial score (nSPS) is 16.7. The lowest BCUT2D eigenvalue weighted by atomic mass is 9.88. The van der Waals surface area contributed by atoms with E-state index in [1.807, 2.05) is 9.80 Å². The Bertz CT molecular complexity index is 3110. The lowest BCUT2D eigenvalue weighted by molar-refractivity contribution is -0.124. The van der Waals surface area contributed by atoms with Crippen LogP contribution in [0.15, 0.2) is 124 Å². The summed E-state index contributed by atoms with van der Waals surface area (Å²) in [4.78, 5) is 48.2. The van der Waals surface area contributed by atoms with Crippen LogP contribution in [0.2, 0.25) is 51.4 Å². The minimum absolute atomic E-state index is 0.0243. The van der Waals surface area contributed by atoms with E-state index in [1.165, 1.54) is 39.0 Å². The lowest BCUT2D eigenvalue weighted by Gasteiger charge is -2.32. The summed E-state index contributed by atoms with van der Waals surface area (Å²) in [6.07, 6.45) is 1.85. The van der Waals surface area contributed by atoms with Crippen molar-refractivity contribution in [3.63, 3.8) is 0 Å². The minimum Gasteiger partial charge on any atom is -0.399 e. The molecule has 0 aromatic carbocycles. The van der Waals surface area contributed by atoms with E-state index in [0.717, 1.165) is 60.6 Å². The minimum atomic E-state index is -1.34. The Morgan fingerprint density at radius 2 is 0.753 bits per heavy atom. The summed E-state index contributed by atoms with van der Waals surface area (Å²) in [5.74, 6) is -0.0486. The van der Waals surface area contributed by atoms with Gasteiger partial charge in [0.25, 0.3) is 11.8 Å². The summed E-state index contributed by atoms with van der Waals surface area (Å²) in [6.45, 7) is 23.9. The Morgan fingerprint density at radius 3 is 1.10 bits per heavy atom. The highest BCUT2D eigenvalue weighted by atomic mass is 32.1. The SMILES string of the molecule is CC1(C)OB(c2ccc(-c3cccs3)s2)OC1(C)C.C[Si](C)(C)CCCN1C(=O)C2=C(c3ccc(-c4ccc(-c5cccs5)s4)s3)N(CCC[Si](C)(C)C)C(=O)C2=C1c1ccc(-c2ccc(-c3cccs3)s2)s1. The second kappa shape index (κ2) is 21.1. The van der Waals surface area contributed by atoms with Gasteiger partial charge < -0.3 is 19.1 Å². The number of thiophene rings is 8. The zero-order valence-electron chi connectivity index (χ0n) is 43.1. The largest absolute Gasteiger partial charge is 0.505 e. The Hall–Kier alpha value is -3.56. The van der Waals surface area contributed by atoms with Crippen LogP contribution in [0.4, 0.5) is 0 Å². The molecule has 11 rings (SSSR count). The summed E-state index contributed by atoms with van der Waals surface area (Å²) >= 11 is 14.0. The first-order valence-corrected chi connectivity index (χ1v) is 39.0. The summed E-state index contributed by atoms with van der Waals surface area (Å²) < 4.78 is 13.3. The molecule has 11 heterocycles. The highest BCUT2D eigenvalue weighted by Gasteiger charge is 2.52. The first kappa shape index (κ1) is 52.9. The molecule has 0 aliphatic carbocycles. The summed E-state index contributed by atoms with van der Waals surface area (Å²) in [6, 6.07) is 36.7. The number of hydrogen-bond acceptors (Lipinski definition) is 12. The molecule has 6 nitrogen and oxygen atoms in total. The average molecular weight is 1150 g/mol. The molecule has 8 aromatic rings. The van der Waals surface area contributed by atoms with Gasteiger partial charge in [0.2, 0.25) is 0 Å². The van der Waals surface area contributed by atoms with Crippen molar-refractivity contribution in [2.24, 2.45) is 0 Å². The molecular weight excluding hydrogens is 1090 g/mol. The first-order chi connectivity index (χ1) is 34.7. The molecule has 2 amide bonds. The highest BCUT2D eigenvalue weighted by molar-refractivity contribution is 7.28. The van der Waals surface area contributed by atoms with Crippen molar-refractivity contribution in [2.45, 2.75) is 103 Å². The van der Waals surface area contributed by atoms with Crippen LogP contribution in [0.1, 0.15) is 50.3 Å². The van der Waals surface area contributed by atoms with Gasteiger partial charge in [-0.1, -0.05) is 75.6 Å². The predicted molar refractivity (Wildman–Crippen MR) is 328 cm³/mol. The van der Waals surface area contributed by atoms with Crippen LogP contribution in [-0.4, -0.2) is 69.2 Å². The van der Waals surface area contributed by atoms with Gasteiger partial charge in [0, 0.05) is 82.8 Å². The number of rotatable bonds is 16. The van der Waals surface area contributed by atoms with Gasteiger partial charge in [-0.05, 0) is 129 Å². The Kier molecular flexibility index (Phi) is 15.3. The maximum Gasteiger partial charge on any atom is 0.505 e. The molecule has 3 aliphatic rings. The molecule has 3 aliphatic heterocycles. The maximum atomic E-state index is 14.9. The molecule has 17 heteroatoms. The van der Waals surface area contributed by atoms with Crippen molar-refractivity contribution in [3.05, 3.63) is 134 Å². The van der Waals surface area contributed by atoms with Crippen LogP contribution in [0.25, 0.3) is 60.2 Å². The molecule has 378 valence electrons. The van der Waals surface area contributed by atoms with Crippen LogP contribution in [0.5, 0.6) is 0 Å². The molecule has 0 N–H and O–H groups in total. The number of fused-ring (bicyclic) bond motifs is 1. The quantitative estimate of drug-likeness (QED) is 0.0905. The molecule has 0 bridgehead atoms. The molecule has 0 atom stereocenters. The first-order valence-electron chi connectivity index (χ1n) is 24.8. The van der Waals surface area contributed by atoms with Gasteiger partial charge in [-0.25, -0.2) is 0 Å². The standard InChI is InChI=1S/C42H44N2O2S6Si2.C14H17BO2S2/c1-53(2,3)25-9-21-43-39(35-19-17-33(51-35)31-15-13-29(49-31)27-11-7-23-47-27)37-38(41(43)45)40(44(42(37)46)22-10-26-54(4,5)6)36-20-18-34(52-36)32-16-14-30(50-32)28-12-8-24-48-28;1-13(2)14(3,4)17-15(16-13)12-8-7-11(19-12)10-6-5-9-18-10/h7-8,11-20,23-24H,9-10,21-22,25-26H2,1-6H3;5-9H,1-4H3. The smallest absolute Gasteiger partial charge is 0.399 e. The molecule has 0 radical (unpaired) electrons. The molecule has 8 aromatic heterocycles. The number of carbonyl (C=O) groups is 2. The fourth-order valence-electron chi connectivity index (χ4n) is 9.10. The number of amides is 2. The summed E-state index contributed by atoms with van der Waals surface area (Å²) in [5, 5.41) is 6.34. The Morgan fingerprint density at radius 1 is 0.438 bits per heavy atom.